The summed E-state index contributed by atoms with van der Waals surface area (Å²) < 4.78 is 5.85. The van der Waals surface area contributed by atoms with Gasteiger partial charge in [-0.2, -0.15) is 0 Å². The third kappa shape index (κ3) is 4.38. The second-order valence-corrected chi connectivity index (χ2v) is 5.17. The molecule has 1 aromatic carbocycles. The van der Waals surface area contributed by atoms with E-state index >= 15 is 0 Å². The standard InChI is InChI=1S/C18H24N2O/c1-3-14-10-11-16(20-13-14)12-17(19)18(21-4-2)15-8-6-5-7-9-15/h5-11,13,17-18H,3-4,12,19H2,1-2H3. The zero-order chi connectivity index (χ0) is 15.1. The van der Waals surface area contributed by atoms with Gasteiger partial charge in [0.1, 0.15) is 0 Å². The number of aryl methyl sites for hydroxylation is 1. The molecular weight excluding hydrogens is 260 g/mol. The maximum absolute atomic E-state index is 6.37. The molecule has 1 heterocycles. The van der Waals surface area contributed by atoms with Crippen molar-refractivity contribution >= 4 is 0 Å². The van der Waals surface area contributed by atoms with Crippen molar-refractivity contribution in [2.24, 2.45) is 5.73 Å². The first-order chi connectivity index (χ1) is 10.2. The molecular formula is C18H24N2O. The summed E-state index contributed by atoms with van der Waals surface area (Å²) in [6, 6.07) is 14.2. The number of nitrogens with zero attached hydrogens (tertiary/aromatic N) is 1. The SMILES string of the molecule is CCOC(c1ccccc1)C(N)Cc1ccc(CC)cn1. The smallest absolute Gasteiger partial charge is 0.0979 e. The van der Waals surface area contributed by atoms with E-state index in [9.17, 15) is 0 Å². The molecule has 2 atom stereocenters. The molecule has 0 amide bonds. The first kappa shape index (κ1) is 15.7. The Balaban J connectivity index is 2.09. The van der Waals surface area contributed by atoms with Crippen LogP contribution in [0.1, 0.15) is 36.8 Å². The van der Waals surface area contributed by atoms with Crippen LogP contribution in [0.4, 0.5) is 0 Å². The Kier molecular flexibility index (Phi) is 5.90. The van der Waals surface area contributed by atoms with Crippen molar-refractivity contribution in [2.45, 2.75) is 38.8 Å². The van der Waals surface area contributed by atoms with Gasteiger partial charge in [0.25, 0.3) is 0 Å². The largest absolute Gasteiger partial charge is 0.372 e. The van der Waals surface area contributed by atoms with Gasteiger partial charge in [-0.15, -0.1) is 0 Å². The number of hydrogen-bond donors (Lipinski definition) is 1. The molecule has 2 aromatic rings. The highest BCUT2D eigenvalue weighted by molar-refractivity contribution is 5.21. The summed E-state index contributed by atoms with van der Waals surface area (Å²) in [5.41, 5.74) is 9.76. The molecule has 0 aliphatic heterocycles. The molecule has 0 saturated heterocycles. The summed E-state index contributed by atoms with van der Waals surface area (Å²) in [4.78, 5) is 4.49. The summed E-state index contributed by atoms with van der Waals surface area (Å²) in [7, 11) is 0. The molecule has 3 heteroatoms. The average Bonchev–Trinajstić information content (AvgIpc) is 2.54. The van der Waals surface area contributed by atoms with E-state index < -0.39 is 0 Å². The number of hydrogen-bond acceptors (Lipinski definition) is 3. The highest BCUT2D eigenvalue weighted by Gasteiger charge is 2.20. The van der Waals surface area contributed by atoms with Crippen LogP contribution < -0.4 is 5.73 Å². The van der Waals surface area contributed by atoms with Crippen LogP contribution >= 0.6 is 0 Å². The van der Waals surface area contributed by atoms with Crippen LogP contribution in [0.2, 0.25) is 0 Å². The van der Waals surface area contributed by atoms with Gasteiger partial charge in [0.15, 0.2) is 0 Å². The van der Waals surface area contributed by atoms with Crippen molar-refractivity contribution in [1.29, 1.82) is 0 Å². The van der Waals surface area contributed by atoms with E-state index in [0.29, 0.717) is 13.0 Å². The molecule has 0 spiro atoms. The first-order valence-electron chi connectivity index (χ1n) is 7.60. The van der Waals surface area contributed by atoms with E-state index in [0.717, 1.165) is 17.7 Å². The molecule has 21 heavy (non-hydrogen) atoms. The van der Waals surface area contributed by atoms with Crippen LogP contribution in [0.25, 0.3) is 0 Å². The van der Waals surface area contributed by atoms with Gasteiger partial charge in [0.2, 0.25) is 0 Å². The lowest BCUT2D eigenvalue weighted by molar-refractivity contribution is 0.0431. The van der Waals surface area contributed by atoms with E-state index in [1.54, 1.807) is 0 Å². The summed E-state index contributed by atoms with van der Waals surface area (Å²) >= 11 is 0. The predicted octanol–water partition coefficient (Wildman–Crippen LogP) is 3.29. The van der Waals surface area contributed by atoms with Gasteiger partial charge in [-0.1, -0.05) is 43.3 Å². The molecule has 0 bridgehead atoms. The molecule has 112 valence electrons. The maximum atomic E-state index is 6.37. The summed E-state index contributed by atoms with van der Waals surface area (Å²) in [5, 5.41) is 0. The molecule has 0 fully saturated rings. The normalized spacial score (nSPS) is 13.9. The van der Waals surface area contributed by atoms with E-state index in [4.69, 9.17) is 10.5 Å². The topological polar surface area (TPSA) is 48.1 Å². The third-order valence-electron chi connectivity index (χ3n) is 3.60. The van der Waals surface area contributed by atoms with Crippen molar-refractivity contribution in [3.05, 3.63) is 65.5 Å². The van der Waals surface area contributed by atoms with Crippen molar-refractivity contribution in [1.82, 2.24) is 4.98 Å². The minimum absolute atomic E-state index is 0.0937. The highest BCUT2D eigenvalue weighted by atomic mass is 16.5. The lowest BCUT2D eigenvalue weighted by atomic mass is 9.98. The summed E-state index contributed by atoms with van der Waals surface area (Å²) in [6.07, 6.45) is 3.55. The monoisotopic (exact) mass is 284 g/mol. The fraction of sp³-hybridized carbons (Fsp3) is 0.389. The second kappa shape index (κ2) is 7.91. The van der Waals surface area contributed by atoms with Crippen molar-refractivity contribution < 1.29 is 4.74 Å². The van der Waals surface area contributed by atoms with Crippen LogP contribution in [-0.2, 0) is 17.6 Å². The fourth-order valence-electron chi connectivity index (χ4n) is 2.42. The van der Waals surface area contributed by atoms with E-state index in [-0.39, 0.29) is 12.1 Å². The van der Waals surface area contributed by atoms with Gasteiger partial charge < -0.3 is 10.5 Å². The number of pyridine rings is 1. The van der Waals surface area contributed by atoms with Crippen LogP contribution in [0.3, 0.4) is 0 Å². The number of ether oxygens (including phenoxy) is 1. The van der Waals surface area contributed by atoms with Crippen LogP contribution in [0.5, 0.6) is 0 Å². The van der Waals surface area contributed by atoms with Gasteiger partial charge in [0, 0.05) is 31.0 Å². The first-order valence-corrected chi connectivity index (χ1v) is 7.60. The molecule has 0 aliphatic carbocycles. The molecule has 0 radical (unpaired) electrons. The van der Waals surface area contributed by atoms with Crippen molar-refractivity contribution in [3.63, 3.8) is 0 Å². The summed E-state index contributed by atoms with van der Waals surface area (Å²) in [6.45, 7) is 4.77. The predicted molar refractivity (Wildman–Crippen MR) is 86.1 cm³/mol. The Morgan fingerprint density at radius 2 is 1.86 bits per heavy atom. The van der Waals surface area contributed by atoms with Crippen LogP contribution in [0.15, 0.2) is 48.7 Å². The molecule has 2 unspecified atom stereocenters. The van der Waals surface area contributed by atoms with Gasteiger partial charge in [0.05, 0.1) is 6.10 Å². The van der Waals surface area contributed by atoms with E-state index in [2.05, 4.69) is 36.2 Å². The zero-order valence-electron chi connectivity index (χ0n) is 12.8. The van der Waals surface area contributed by atoms with Gasteiger partial charge in [-0.3, -0.25) is 4.98 Å². The molecule has 0 saturated carbocycles. The second-order valence-electron chi connectivity index (χ2n) is 5.17. The minimum Gasteiger partial charge on any atom is -0.372 e. The molecule has 1 aromatic heterocycles. The number of aromatic nitrogens is 1. The Morgan fingerprint density at radius 1 is 1.10 bits per heavy atom. The number of benzene rings is 1. The lowest BCUT2D eigenvalue weighted by Gasteiger charge is -2.24. The van der Waals surface area contributed by atoms with Gasteiger partial charge >= 0.3 is 0 Å². The Morgan fingerprint density at radius 3 is 2.43 bits per heavy atom. The van der Waals surface area contributed by atoms with Crippen molar-refractivity contribution in [2.75, 3.05) is 6.61 Å². The summed E-state index contributed by atoms with van der Waals surface area (Å²) in [5.74, 6) is 0. The molecule has 0 aliphatic rings. The Hall–Kier alpha value is -1.71. The fourth-order valence-corrected chi connectivity index (χ4v) is 2.42. The van der Waals surface area contributed by atoms with Crippen LogP contribution in [-0.4, -0.2) is 17.6 Å². The average molecular weight is 284 g/mol. The van der Waals surface area contributed by atoms with Crippen LogP contribution in [0, 0.1) is 0 Å². The Labute approximate surface area is 127 Å². The van der Waals surface area contributed by atoms with E-state index in [1.807, 2.05) is 31.3 Å². The number of nitrogens with two attached hydrogens (primary N) is 1. The zero-order valence-corrected chi connectivity index (χ0v) is 12.8. The highest BCUT2D eigenvalue weighted by Crippen LogP contribution is 2.22. The lowest BCUT2D eigenvalue weighted by Crippen LogP contribution is -2.32. The number of rotatable bonds is 7. The quantitative estimate of drug-likeness (QED) is 0.848. The molecule has 2 rings (SSSR count). The Bertz CT molecular complexity index is 525. The molecule has 3 nitrogen and oxygen atoms in total. The van der Waals surface area contributed by atoms with Crippen molar-refractivity contribution in [3.8, 4) is 0 Å². The van der Waals surface area contributed by atoms with Gasteiger partial charge in [-0.25, -0.2) is 0 Å². The third-order valence-corrected chi connectivity index (χ3v) is 3.60. The molecule has 2 N–H and O–H groups in total. The van der Waals surface area contributed by atoms with Gasteiger partial charge in [-0.05, 0) is 30.5 Å². The minimum atomic E-state index is -0.104. The van der Waals surface area contributed by atoms with E-state index in [1.165, 1.54) is 5.56 Å². The maximum Gasteiger partial charge on any atom is 0.0979 e.